The molecule has 22 heavy (non-hydrogen) atoms. The third-order valence-corrected chi connectivity index (χ3v) is 4.40. The van der Waals surface area contributed by atoms with Gasteiger partial charge in [0.05, 0.1) is 22.6 Å². The van der Waals surface area contributed by atoms with Crippen LogP contribution in [-0.4, -0.2) is 31.9 Å². The van der Waals surface area contributed by atoms with E-state index >= 15 is 0 Å². The minimum atomic E-state index is -0.378. The number of hydrogen-bond acceptors (Lipinski definition) is 5. The highest BCUT2D eigenvalue weighted by Crippen LogP contribution is 2.38. The van der Waals surface area contributed by atoms with Gasteiger partial charge in [-0.2, -0.15) is 0 Å². The summed E-state index contributed by atoms with van der Waals surface area (Å²) in [5.74, 6) is 0. The molecule has 1 saturated heterocycles. The molecular weight excluding hydrogens is 277 g/mol. The molecule has 1 fully saturated rings. The number of likely N-dealkylation sites (N-methyl/N-ethyl adjacent to an activating group) is 1. The summed E-state index contributed by atoms with van der Waals surface area (Å²) in [6, 6.07) is 5.60. The van der Waals surface area contributed by atoms with Crippen molar-refractivity contribution in [2.24, 2.45) is 0 Å². The van der Waals surface area contributed by atoms with E-state index in [1.165, 1.54) is 0 Å². The Bertz CT molecular complexity index is 569. The SMILES string of the molecule is CNCC(=Cc1ccc(N)c(N)c1)B1OC(C)(C)C(C)(C)O1. The van der Waals surface area contributed by atoms with Gasteiger partial charge in [-0.1, -0.05) is 12.1 Å². The van der Waals surface area contributed by atoms with E-state index in [1.54, 1.807) is 0 Å². The van der Waals surface area contributed by atoms with Gasteiger partial charge in [0, 0.05) is 6.54 Å². The zero-order chi connectivity index (χ0) is 16.5. The quantitative estimate of drug-likeness (QED) is 0.586. The Hall–Kier alpha value is -1.50. The van der Waals surface area contributed by atoms with Crippen molar-refractivity contribution in [1.29, 1.82) is 0 Å². The van der Waals surface area contributed by atoms with Crippen molar-refractivity contribution in [2.45, 2.75) is 38.9 Å². The predicted octanol–water partition coefficient (Wildman–Crippen LogP) is 2.09. The minimum Gasteiger partial charge on any atom is -0.400 e. The standard InChI is InChI=1S/C16H26BN3O2/c1-15(2)16(3,4)22-17(21-15)12(10-20-5)8-11-6-7-13(18)14(19)9-11/h6-9,20H,10,18-19H2,1-5H3. The summed E-state index contributed by atoms with van der Waals surface area (Å²) >= 11 is 0. The lowest BCUT2D eigenvalue weighted by Gasteiger charge is -2.32. The van der Waals surface area contributed by atoms with Crippen molar-refractivity contribution in [3.8, 4) is 0 Å². The smallest absolute Gasteiger partial charge is 0.400 e. The molecule has 5 nitrogen and oxygen atoms in total. The fraction of sp³-hybridized carbons (Fsp3) is 0.500. The first-order valence-electron chi connectivity index (χ1n) is 7.52. The lowest BCUT2D eigenvalue weighted by molar-refractivity contribution is 0.00578. The molecule has 0 radical (unpaired) electrons. The van der Waals surface area contributed by atoms with E-state index in [0.717, 1.165) is 11.0 Å². The van der Waals surface area contributed by atoms with Crippen LogP contribution in [0.2, 0.25) is 0 Å². The molecule has 0 aromatic heterocycles. The van der Waals surface area contributed by atoms with Gasteiger partial charge in [-0.25, -0.2) is 0 Å². The van der Waals surface area contributed by atoms with E-state index in [2.05, 4.69) is 5.32 Å². The van der Waals surface area contributed by atoms with E-state index in [9.17, 15) is 0 Å². The molecule has 1 aliphatic rings. The topological polar surface area (TPSA) is 82.5 Å². The first kappa shape index (κ1) is 16.9. The lowest BCUT2D eigenvalue weighted by atomic mass is 9.77. The van der Waals surface area contributed by atoms with E-state index in [1.807, 2.05) is 59.0 Å². The second-order valence-corrected chi connectivity index (χ2v) is 6.73. The molecule has 1 aliphatic heterocycles. The molecule has 0 spiro atoms. The summed E-state index contributed by atoms with van der Waals surface area (Å²) in [7, 11) is 1.52. The predicted molar refractivity (Wildman–Crippen MR) is 93.3 cm³/mol. The highest BCUT2D eigenvalue weighted by Gasteiger charge is 2.52. The summed E-state index contributed by atoms with van der Waals surface area (Å²) in [6.07, 6.45) is 2.04. The normalized spacial score (nSPS) is 20.4. The Morgan fingerprint density at radius 1 is 1.14 bits per heavy atom. The molecule has 0 bridgehead atoms. The lowest BCUT2D eigenvalue weighted by Crippen LogP contribution is -2.41. The maximum Gasteiger partial charge on any atom is 0.491 e. The molecule has 2 rings (SSSR count). The average Bonchev–Trinajstić information content (AvgIpc) is 2.62. The summed E-state index contributed by atoms with van der Waals surface area (Å²) in [5, 5.41) is 3.16. The molecule has 1 aromatic rings. The molecule has 0 aliphatic carbocycles. The molecular formula is C16H26BN3O2. The summed E-state index contributed by atoms with van der Waals surface area (Å²) < 4.78 is 12.2. The first-order valence-corrected chi connectivity index (χ1v) is 7.52. The van der Waals surface area contributed by atoms with E-state index in [-0.39, 0.29) is 18.3 Å². The number of benzene rings is 1. The summed E-state index contributed by atoms with van der Waals surface area (Å²) in [5.41, 5.74) is 14.1. The number of nitrogens with two attached hydrogens (primary N) is 2. The van der Waals surface area contributed by atoms with Gasteiger partial charge in [-0.05, 0) is 57.9 Å². The third-order valence-electron chi connectivity index (χ3n) is 4.40. The Labute approximate surface area is 133 Å². The van der Waals surface area contributed by atoms with Gasteiger partial charge in [0.25, 0.3) is 0 Å². The van der Waals surface area contributed by atoms with Crippen molar-refractivity contribution >= 4 is 24.6 Å². The van der Waals surface area contributed by atoms with E-state index in [0.29, 0.717) is 17.9 Å². The molecule has 0 saturated carbocycles. The number of rotatable bonds is 4. The van der Waals surface area contributed by atoms with Gasteiger partial charge in [-0.3, -0.25) is 0 Å². The molecule has 1 aromatic carbocycles. The van der Waals surface area contributed by atoms with Crippen LogP contribution in [0.25, 0.3) is 6.08 Å². The van der Waals surface area contributed by atoms with Crippen LogP contribution >= 0.6 is 0 Å². The Morgan fingerprint density at radius 3 is 2.23 bits per heavy atom. The van der Waals surface area contributed by atoms with Gasteiger partial charge in [0.1, 0.15) is 0 Å². The van der Waals surface area contributed by atoms with Gasteiger partial charge in [0.15, 0.2) is 0 Å². The summed E-state index contributed by atoms with van der Waals surface area (Å²) in [6.45, 7) is 8.86. The van der Waals surface area contributed by atoms with E-state index in [4.69, 9.17) is 20.8 Å². The van der Waals surface area contributed by atoms with Gasteiger partial charge < -0.3 is 26.1 Å². The van der Waals surface area contributed by atoms with Gasteiger partial charge in [0.2, 0.25) is 0 Å². The van der Waals surface area contributed by atoms with Gasteiger partial charge >= 0.3 is 7.12 Å². The number of nitrogen functional groups attached to an aromatic ring is 2. The second kappa shape index (κ2) is 5.95. The first-order chi connectivity index (χ1) is 10.2. The van der Waals surface area contributed by atoms with Crippen LogP contribution in [0.4, 0.5) is 11.4 Å². The molecule has 6 heteroatoms. The monoisotopic (exact) mass is 303 g/mol. The van der Waals surface area contributed by atoms with Crippen LogP contribution in [0.15, 0.2) is 23.7 Å². The maximum atomic E-state index is 6.12. The highest BCUT2D eigenvalue weighted by atomic mass is 16.7. The van der Waals surface area contributed by atoms with Crippen LogP contribution < -0.4 is 16.8 Å². The number of hydrogen-bond donors (Lipinski definition) is 3. The van der Waals surface area contributed by atoms with Crippen molar-refractivity contribution in [2.75, 3.05) is 25.1 Å². The Kier molecular flexibility index (Phi) is 4.56. The second-order valence-electron chi connectivity index (χ2n) is 6.73. The maximum absolute atomic E-state index is 6.12. The van der Waals surface area contributed by atoms with Crippen LogP contribution in [0.1, 0.15) is 33.3 Å². The van der Waals surface area contributed by atoms with Crippen molar-refractivity contribution in [1.82, 2.24) is 5.32 Å². The molecule has 5 N–H and O–H groups in total. The summed E-state index contributed by atoms with van der Waals surface area (Å²) in [4.78, 5) is 0. The molecule has 0 unspecified atom stereocenters. The Morgan fingerprint density at radius 2 is 1.73 bits per heavy atom. The average molecular weight is 303 g/mol. The zero-order valence-corrected chi connectivity index (χ0v) is 14.1. The van der Waals surface area contributed by atoms with Crippen LogP contribution in [0, 0.1) is 0 Å². The molecule has 120 valence electrons. The minimum absolute atomic E-state index is 0.357. The van der Waals surface area contributed by atoms with Crippen molar-refractivity contribution in [3.05, 3.63) is 29.2 Å². The fourth-order valence-corrected chi connectivity index (χ4v) is 2.30. The molecule has 1 heterocycles. The fourth-order valence-electron chi connectivity index (χ4n) is 2.30. The largest absolute Gasteiger partial charge is 0.491 e. The highest BCUT2D eigenvalue weighted by molar-refractivity contribution is 6.55. The number of nitrogens with one attached hydrogen (secondary N) is 1. The Balaban J connectivity index is 2.31. The van der Waals surface area contributed by atoms with Crippen LogP contribution in [-0.2, 0) is 9.31 Å². The molecule has 0 amide bonds. The van der Waals surface area contributed by atoms with Crippen LogP contribution in [0.3, 0.4) is 0 Å². The van der Waals surface area contributed by atoms with Crippen molar-refractivity contribution < 1.29 is 9.31 Å². The third kappa shape index (κ3) is 3.29. The van der Waals surface area contributed by atoms with E-state index < -0.39 is 0 Å². The zero-order valence-electron chi connectivity index (χ0n) is 14.1. The number of anilines is 2. The van der Waals surface area contributed by atoms with Gasteiger partial charge in [-0.15, -0.1) is 0 Å². The van der Waals surface area contributed by atoms with Crippen molar-refractivity contribution in [3.63, 3.8) is 0 Å². The van der Waals surface area contributed by atoms with Crippen LogP contribution in [0.5, 0.6) is 0 Å². The molecule has 0 atom stereocenters.